The van der Waals surface area contributed by atoms with Crippen LogP contribution >= 0.6 is 0 Å². The van der Waals surface area contributed by atoms with Gasteiger partial charge >= 0.3 is 0 Å². The summed E-state index contributed by atoms with van der Waals surface area (Å²) in [4.78, 5) is 20.1. The average Bonchev–Trinajstić information content (AvgIpc) is 2.88. The smallest absolute Gasteiger partial charge is 0.258 e. The van der Waals surface area contributed by atoms with E-state index in [1.165, 1.54) is 6.33 Å². The average molecular weight is 254 g/mol. The molecule has 1 amide bonds. The second kappa shape index (κ2) is 4.37. The highest BCUT2D eigenvalue weighted by Crippen LogP contribution is 2.18. The highest BCUT2D eigenvalue weighted by atomic mass is 16.1. The van der Waals surface area contributed by atoms with Crippen LogP contribution in [0.25, 0.3) is 11.0 Å². The lowest BCUT2D eigenvalue weighted by molar-refractivity contribution is 0.102. The molecule has 2 heterocycles. The molecular weight excluding hydrogens is 244 g/mol. The van der Waals surface area contributed by atoms with Gasteiger partial charge < -0.3 is 11.1 Å². The molecule has 0 saturated heterocycles. The van der Waals surface area contributed by atoms with Crippen molar-refractivity contribution >= 4 is 28.4 Å². The second-order valence-electron chi connectivity index (χ2n) is 3.90. The fraction of sp³-hybridized carbons (Fsp3) is 0. The predicted octanol–water partition coefficient (Wildman–Crippen LogP) is 1.19. The molecule has 2 aromatic heterocycles. The zero-order chi connectivity index (χ0) is 13.2. The number of aromatic amines is 1. The van der Waals surface area contributed by atoms with Crippen molar-refractivity contribution in [1.82, 2.24) is 20.2 Å². The molecule has 0 aliphatic rings. The maximum Gasteiger partial charge on any atom is 0.258 e. The minimum absolute atomic E-state index is 0.320. The van der Waals surface area contributed by atoms with Crippen molar-refractivity contribution < 1.29 is 4.79 Å². The largest absolute Gasteiger partial charge is 0.398 e. The van der Waals surface area contributed by atoms with Crippen molar-refractivity contribution in [3.05, 3.63) is 42.4 Å². The SMILES string of the molecule is Nc1ccccc1C(=O)Nc1ncnc2[nH]ncc12. The monoisotopic (exact) mass is 254 g/mol. The van der Waals surface area contributed by atoms with Gasteiger partial charge in [-0.2, -0.15) is 5.10 Å². The molecule has 0 bridgehead atoms. The van der Waals surface area contributed by atoms with E-state index in [-0.39, 0.29) is 5.91 Å². The molecule has 0 radical (unpaired) electrons. The number of carbonyl (C=O) groups is 1. The standard InChI is InChI=1S/C12H10N6O/c13-9-4-2-1-3-7(9)12(19)17-10-8-5-16-18-11(8)15-6-14-10/h1-6H,13H2,(H2,14,15,16,17,18,19). The zero-order valence-corrected chi connectivity index (χ0v) is 9.79. The van der Waals surface area contributed by atoms with E-state index in [1.807, 2.05) is 0 Å². The highest BCUT2D eigenvalue weighted by Gasteiger charge is 2.12. The van der Waals surface area contributed by atoms with Gasteiger partial charge in [0.25, 0.3) is 5.91 Å². The summed E-state index contributed by atoms with van der Waals surface area (Å²) in [6, 6.07) is 6.84. The van der Waals surface area contributed by atoms with Crippen LogP contribution in [0.5, 0.6) is 0 Å². The number of H-pyrrole nitrogens is 1. The highest BCUT2D eigenvalue weighted by molar-refractivity contribution is 6.09. The van der Waals surface area contributed by atoms with Gasteiger partial charge in [0.15, 0.2) is 5.65 Å². The van der Waals surface area contributed by atoms with Crippen molar-refractivity contribution in [3.8, 4) is 0 Å². The van der Waals surface area contributed by atoms with E-state index in [0.717, 1.165) is 0 Å². The third kappa shape index (κ3) is 1.97. The molecule has 0 fully saturated rings. The third-order valence-electron chi connectivity index (χ3n) is 2.69. The number of para-hydroxylation sites is 1. The number of amides is 1. The molecular formula is C12H10N6O. The van der Waals surface area contributed by atoms with Crippen molar-refractivity contribution in [2.75, 3.05) is 11.1 Å². The maximum atomic E-state index is 12.1. The van der Waals surface area contributed by atoms with Gasteiger partial charge in [-0.1, -0.05) is 12.1 Å². The quantitative estimate of drug-likeness (QED) is 0.595. The van der Waals surface area contributed by atoms with E-state index in [9.17, 15) is 4.79 Å². The molecule has 1 aromatic carbocycles. The number of nitrogens with one attached hydrogen (secondary N) is 2. The number of fused-ring (bicyclic) bond motifs is 1. The first-order valence-corrected chi connectivity index (χ1v) is 5.55. The zero-order valence-electron chi connectivity index (χ0n) is 9.79. The number of rotatable bonds is 2. The van der Waals surface area contributed by atoms with Crippen LogP contribution in [-0.2, 0) is 0 Å². The number of nitrogen functional groups attached to an aromatic ring is 1. The molecule has 3 rings (SSSR count). The Hall–Kier alpha value is -2.96. The molecule has 0 unspecified atom stereocenters. The minimum atomic E-state index is -0.320. The molecule has 0 saturated carbocycles. The predicted molar refractivity (Wildman–Crippen MR) is 70.5 cm³/mol. The first-order valence-electron chi connectivity index (χ1n) is 5.55. The molecule has 7 heteroatoms. The van der Waals surface area contributed by atoms with Crippen LogP contribution < -0.4 is 11.1 Å². The second-order valence-corrected chi connectivity index (χ2v) is 3.90. The van der Waals surface area contributed by atoms with Gasteiger partial charge in [0.2, 0.25) is 0 Å². The van der Waals surface area contributed by atoms with Gasteiger partial charge in [0, 0.05) is 5.69 Å². The number of aromatic nitrogens is 4. The molecule has 0 spiro atoms. The molecule has 3 aromatic rings. The Bertz CT molecular complexity index is 751. The van der Waals surface area contributed by atoms with E-state index in [4.69, 9.17) is 5.73 Å². The lowest BCUT2D eigenvalue weighted by Gasteiger charge is -2.06. The van der Waals surface area contributed by atoms with E-state index >= 15 is 0 Å². The summed E-state index contributed by atoms with van der Waals surface area (Å²) < 4.78 is 0. The lowest BCUT2D eigenvalue weighted by Crippen LogP contribution is -2.15. The summed E-state index contributed by atoms with van der Waals surface area (Å²) in [6.45, 7) is 0. The van der Waals surface area contributed by atoms with Crippen LogP contribution in [0, 0.1) is 0 Å². The van der Waals surface area contributed by atoms with Gasteiger partial charge in [0.1, 0.15) is 12.1 Å². The Morgan fingerprint density at radius 2 is 2.11 bits per heavy atom. The fourth-order valence-electron chi connectivity index (χ4n) is 1.74. The summed E-state index contributed by atoms with van der Waals surface area (Å²) in [5.41, 5.74) is 7.13. The van der Waals surface area contributed by atoms with Crippen molar-refractivity contribution in [1.29, 1.82) is 0 Å². The Kier molecular flexibility index (Phi) is 2.57. The first-order chi connectivity index (χ1) is 9.25. The van der Waals surface area contributed by atoms with E-state index in [2.05, 4.69) is 25.5 Å². The number of hydrogen-bond acceptors (Lipinski definition) is 5. The Morgan fingerprint density at radius 1 is 1.26 bits per heavy atom. The maximum absolute atomic E-state index is 12.1. The molecule has 19 heavy (non-hydrogen) atoms. The number of anilines is 2. The molecule has 7 nitrogen and oxygen atoms in total. The first kappa shape index (κ1) is 11.1. The summed E-state index contributed by atoms with van der Waals surface area (Å²) in [5, 5.41) is 9.91. The molecule has 0 aliphatic carbocycles. The number of benzene rings is 1. The van der Waals surface area contributed by atoms with Crippen LogP contribution in [0.2, 0.25) is 0 Å². The van der Waals surface area contributed by atoms with E-state index < -0.39 is 0 Å². The van der Waals surface area contributed by atoms with Crippen molar-refractivity contribution in [3.63, 3.8) is 0 Å². The third-order valence-corrected chi connectivity index (χ3v) is 2.69. The van der Waals surface area contributed by atoms with Gasteiger partial charge in [-0.05, 0) is 12.1 Å². The fourth-order valence-corrected chi connectivity index (χ4v) is 1.74. The molecule has 94 valence electrons. The van der Waals surface area contributed by atoms with Crippen molar-refractivity contribution in [2.45, 2.75) is 0 Å². The van der Waals surface area contributed by atoms with Gasteiger partial charge in [-0.25, -0.2) is 9.97 Å². The summed E-state index contributed by atoms with van der Waals surface area (Å²) in [7, 11) is 0. The van der Waals surface area contributed by atoms with Crippen LogP contribution in [-0.4, -0.2) is 26.1 Å². The lowest BCUT2D eigenvalue weighted by atomic mass is 10.1. The van der Waals surface area contributed by atoms with Crippen molar-refractivity contribution in [2.24, 2.45) is 0 Å². The normalized spacial score (nSPS) is 10.5. The topological polar surface area (TPSA) is 110 Å². The van der Waals surface area contributed by atoms with Crippen LogP contribution in [0.4, 0.5) is 11.5 Å². The minimum Gasteiger partial charge on any atom is -0.398 e. The Labute approximate surface area is 107 Å². The molecule has 4 N–H and O–H groups in total. The molecule has 0 atom stereocenters. The summed E-state index contributed by atoms with van der Waals surface area (Å²) >= 11 is 0. The van der Waals surface area contributed by atoms with Crippen LogP contribution in [0.3, 0.4) is 0 Å². The number of nitrogens with zero attached hydrogens (tertiary/aromatic N) is 3. The van der Waals surface area contributed by atoms with E-state index in [1.54, 1.807) is 30.5 Å². The Balaban J connectivity index is 1.95. The Morgan fingerprint density at radius 3 is 2.95 bits per heavy atom. The van der Waals surface area contributed by atoms with Gasteiger partial charge in [-0.3, -0.25) is 9.89 Å². The molecule has 0 aliphatic heterocycles. The van der Waals surface area contributed by atoms with Gasteiger partial charge in [0.05, 0.1) is 17.1 Å². The summed E-state index contributed by atoms with van der Waals surface area (Å²) in [6.07, 6.45) is 2.91. The van der Waals surface area contributed by atoms with E-state index in [0.29, 0.717) is 28.1 Å². The van der Waals surface area contributed by atoms with Gasteiger partial charge in [-0.15, -0.1) is 0 Å². The number of nitrogens with two attached hydrogens (primary N) is 1. The number of carbonyl (C=O) groups excluding carboxylic acids is 1. The van der Waals surface area contributed by atoms with Crippen LogP contribution in [0.15, 0.2) is 36.8 Å². The summed E-state index contributed by atoms with van der Waals surface area (Å²) in [5.74, 6) is 0.0753. The number of hydrogen-bond donors (Lipinski definition) is 3. The van der Waals surface area contributed by atoms with Crippen LogP contribution in [0.1, 0.15) is 10.4 Å².